The van der Waals surface area contributed by atoms with E-state index in [9.17, 15) is 14.4 Å². The van der Waals surface area contributed by atoms with Crippen LogP contribution in [0.1, 0.15) is 5.56 Å². The number of pyridine rings is 1. The molecule has 0 atom stereocenters. The molecule has 0 saturated carbocycles. The molecule has 0 fully saturated rings. The number of carbonyl (C=O) groups is 3. The third-order valence-corrected chi connectivity index (χ3v) is 4.63. The summed E-state index contributed by atoms with van der Waals surface area (Å²) in [6.07, 6.45) is 1.67. The molecule has 0 bridgehead atoms. The average Bonchev–Trinajstić information content (AvgIpc) is 2.62. The number of nitrogens with one attached hydrogen (secondary N) is 2. The maximum Gasteiger partial charge on any atom is 0.239 e. The van der Waals surface area contributed by atoms with Crippen LogP contribution >= 0.6 is 11.8 Å². The number of likely N-dealkylation sites (N-methyl/N-ethyl adjacent to an activating group) is 1. The maximum absolute atomic E-state index is 12.3. The van der Waals surface area contributed by atoms with Crippen LogP contribution in [0.25, 0.3) is 0 Å². The van der Waals surface area contributed by atoms with Crippen molar-refractivity contribution >= 4 is 41.0 Å². The van der Waals surface area contributed by atoms with Crippen LogP contribution in [0.5, 0.6) is 0 Å². The van der Waals surface area contributed by atoms with Crippen LogP contribution in [0, 0.1) is 6.92 Å². The van der Waals surface area contributed by atoms with Gasteiger partial charge in [-0.1, -0.05) is 18.2 Å². The van der Waals surface area contributed by atoms with Gasteiger partial charge in [0.1, 0.15) is 5.82 Å². The summed E-state index contributed by atoms with van der Waals surface area (Å²) in [6.45, 7) is 1.99. The number of thioether (sulfide) groups is 1. The van der Waals surface area contributed by atoms with Gasteiger partial charge in [-0.25, -0.2) is 4.98 Å². The van der Waals surface area contributed by atoms with Crippen molar-refractivity contribution in [2.45, 2.75) is 11.8 Å². The van der Waals surface area contributed by atoms with Crippen molar-refractivity contribution in [2.24, 2.45) is 5.73 Å². The SMILES string of the molecule is Cc1ccc(NC(=O)CN(C)CC(=O)Nc2ccccc2SCC(N)=O)nc1. The molecule has 9 heteroatoms. The molecule has 1 aromatic heterocycles. The Bertz CT molecular complexity index is 842. The van der Waals surface area contributed by atoms with Crippen molar-refractivity contribution in [2.75, 3.05) is 36.5 Å². The number of amides is 3. The Kier molecular flexibility index (Phi) is 7.97. The zero-order chi connectivity index (χ0) is 20.5. The van der Waals surface area contributed by atoms with Gasteiger partial charge in [0.05, 0.1) is 24.5 Å². The van der Waals surface area contributed by atoms with E-state index in [-0.39, 0.29) is 30.7 Å². The Morgan fingerprint density at radius 3 is 2.39 bits per heavy atom. The molecule has 0 aliphatic heterocycles. The van der Waals surface area contributed by atoms with Crippen LogP contribution in [0.15, 0.2) is 47.5 Å². The smallest absolute Gasteiger partial charge is 0.239 e. The highest BCUT2D eigenvalue weighted by atomic mass is 32.2. The molecular formula is C19H23N5O3S. The maximum atomic E-state index is 12.3. The van der Waals surface area contributed by atoms with E-state index < -0.39 is 5.91 Å². The highest BCUT2D eigenvalue weighted by molar-refractivity contribution is 8.00. The number of anilines is 2. The molecular weight excluding hydrogens is 378 g/mol. The van der Waals surface area contributed by atoms with Gasteiger partial charge in [-0.2, -0.15) is 0 Å². The molecule has 8 nitrogen and oxygen atoms in total. The third kappa shape index (κ3) is 7.37. The summed E-state index contributed by atoms with van der Waals surface area (Å²) in [4.78, 5) is 41.8. The zero-order valence-corrected chi connectivity index (χ0v) is 16.6. The minimum Gasteiger partial charge on any atom is -0.369 e. The van der Waals surface area contributed by atoms with Crippen LogP contribution in [-0.4, -0.2) is 53.5 Å². The summed E-state index contributed by atoms with van der Waals surface area (Å²) in [5.74, 6) is -0.367. The summed E-state index contributed by atoms with van der Waals surface area (Å²) in [6, 6.07) is 10.7. The standard InChI is InChI=1S/C19H23N5O3S/c1-13-7-8-17(21-9-13)23-19(27)11-24(2)10-18(26)22-14-5-3-4-6-15(14)28-12-16(20)25/h3-9H,10-12H2,1-2H3,(H2,20,25)(H,22,26)(H,21,23,27). The quantitative estimate of drug-likeness (QED) is 0.548. The Balaban J connectivity index is 1.84. The molecule has 2 rings (SSSR count). The van der Waals surface area contributed by atoms with Crippen LogP contribution in [0.3, 0.4) is 0 Å². The number of benzene rings is 1. The van der Waals surface area contributed by atoms with Gasteiger partial charge in [0.2, 0.25) is 17.7 Å². The lowest BCUT2D eigenvalue weighted by Crippen LogP contribution is -2.36. The summed E-state index contributed by atoms with van der Waals surface area (Å²) in [5, 5.41) is 5.49. The average molecular weight is 401 g/mol. The largest absolute Gasteiger partial charge is 0.369 e. The highest BCUT2D eigenvalue weighted by Crippen LogP contribution is 2.26. The molecule has 1 aromatic carbocycles. The van der Waals surface area contributed by atoms with E-state index in [2.05, 4.69) is 15.6 Å². The van der Waals surface area contributed by atoms with Crippen LogP contribution in [-0.2, 0) is 14.4 Å². The second-order valence-corrected chi connectivity index (χ2v) is 7.26. The molecule has 0 radical (unpaired) electrons. The van der Waals surface area contributed by atoms with E-state index in [1.54, 1.807) is 42.4 Å². The lowest BCUT2D eigenvalue weighted by molar-refractivity contribution is -0.119. The fraction of sp³-hybridized carbons (Fsp3) is 0.263. The first kappa shape index (κ1) is 21.4. The summed E-state index contributed by atoms with van der Waals surface area (Å²) < 4.78 is 0. The second kappa shape index (κ2) is 10.4. The monoisotopic (exact) mass is 401 g/mol. The predicted octanol–water partition coefficient (Wildman–Crippen LogP) is 1.48. The van der Waals surface area contributed by atoms with Gasteiger partial charge in [-0.15, -0.1) is 11.8 Å². The fourth-order valence-electron chi connectivity index (χ4n) is 2.30. The Hall–Kier alpha value is -2.91. The zero-order valence-electron chi connectivity index (χ0n) is 15.8. The van der Waals surface area contributed by atoms with Crippen LogP contribution < -0.4 is 16.4 Å². The first-order valence-corrected chi connectivity index (χ1v) is 9.53. The first-order valence-electron chi connectivity index (χ1n) is 8.54. The summed E-state index contributed by atoms with van der Waals surface area (Å²) in [5.41, 5.74) is 6.77. The Labute approximate surface area is 167 Å². The molecule has 1 heterocycles. The lowest BCUT2D eigenvalue weighted by Gasteiger charge is -2.16. The van der Waals surface area contributed by atoms with Crippen molar-refractivity contribution in [1.82, 2.24) is 9.88 Å². The van der Waals surface area contributed by atoms with Crippen molar-refractivity contribution in [3.05, 3.63) is 48.2 Å². The molecule has 0 aliphatic rings. The topological polar surface area (TPSA) is 117 Å². The normalized spacial score (nSPS) is 10.5. The van der Waals surface area contributed by atoms with Gasteiger partial charge in [-0.05, 0) is 37.7 Å². The predicted molar refractivity (Wildman–Crippen MR) is 110 cm³/mol. The number of aromatic nitrogens is 1. The van der Waals surface area contributed by atoms with E-state index in [1.807, 2.05) is 19.1 Å². The molecule has 3 amide bonds. The van der Waals surface area contributed by atoms with Crippen molar-refractivity contribution in [3.8, 4) is 0 Å². The number of primary amides is 1. The lowest BCUT2D eigenvalue weighted by atomic mass is 10.3. The van der Waals surface area contributed by atoms with E-state index in [0.717, 1.165) is 10.5 Å². The molecule has 2 aromatic rings. The first-order chi connectivity index (χ1) is 13.3. The Morgan fingerprint density at radius 2 is 1.75 bits per heavy atom. The fourth-order valence-corrected chi connectivity index (χ4v) is 3.05. The summed E-state index contributed by atoms with van der Waals surface area (Å²) >= 11 is 1.25. The molecule has 0 aliphatic carbocycles. The molecule has 0 saturated heterocycles. The minimum absolute atomic E-state index is 0.0313. The number of aryl methyl sites for hydroxylation is 1. The highest BCUT2D eigenvalue weighted by Gasteiger charge is 2.13. The number of carbonyl (C=O) groups excluding carboxylic acids is 3. The van der Waals surface area contributed by atoms with Gasteiger partial charge < -0.3 is 16.4 Å². The number of nitrogens with two attached hydrogens (primary N) is 1. The van der Waals surface area contributed by atoms with Crippen LogP contribution in [0.2, 0.25) is 0 Å². The van der Waals surface area contributed by atoms with Gasteiger partial charge in [0, 0.05) is 11.1 Å². The molecule has 4 N–H and O–H groups in total. The number of hydrogen-bond donors (Lipinski definition) is 3. The van der Waals surface area contributed by atoms with Crippen molar-refractivity contribution < 1.29 is 14.4 Å². The van der Waals surface area contributed by atoms with E-state index in [0.29, 0.717) is 11.5 Å². The Morgan fingerprint density at radius 1 is 1.07 bits per heavy atom. The second-order valence-electron chi connectivity index (χ2n) is 6.24. The number of nitrogens with zero attached hydrogens (tertiary/aromatic N) is 2. The van der Waals surface area contributed by atoms with E-state index in [1.165, 1.54) is 11.8 Å². The molecule has 0 spiro atoms. The number of hydrogen-bond acceptors (Lipinski definition) is 6. The minimum atomic E-state index is -0.431. The third-order valence-electron chi connectivity index (χ3n) is 3.54. The number of para-hydroxylation sites is 1. The summed E-state index contributed by atoms with van der Waals surface area (Å²) in [7, 11) is 1.68. The van der Waals surface area contributed by atoms with Gasteiger partial charge >= 0.3 is 0 Å². The molecule has 28 heavy (non-hydrogen) atoms. The van der Waals surface area contributed by atoms with Gasteiger partial charge in [0.25, 0.3) is 0 Å². The molecule has 148 valence electrons. The van der Waals surface area contributed by atoms with E-state index >= 15 is 0 Å². The van der Waals surface area contributed by atoms with Gasteiger partial charge in [0.15, 0.2) is 0 Å². The molecule has 0 unspecified atom stereocenters. The number of rotatable bonds is 9. The van der Waals surface area contributed by atoms with Crippen molar-refractivity contribution in [1.29, 1.82) is 0 Å². The van der Waals surface area contributed by atoms with Crippen molar-refractivity contribution in [3.63, 3.8) is 0 Å². The van der Waals surface area contributed by atoms with Crippen LogP contribution in [0.4, 0.5) is 11.5 Å². The van der Waals surface area contributed by atoms with Gasteiger partial charge in [-0.3, -0.25) is 19.3 Å². The van der Waals surface area contributed by atoms with E-state index in [4.69, 9.17) is 5.73 Å².